The smallest absolute Gasteiger partial charge is 0.308 e. The lowest BCUT2D eigenvalue weighted by atomic mass is 10.1. The van der Waals surface area contributed by atoms with Crippen molar-refractivity contribution in [1.82, 2.24) is 9.88 Å². The van der Waals surface area contributed by atoms with Crippen LogP contribution in [0, 0.1) is 12.8 Å². The maximum Gasteiger partial charge on any atom is 0.308 e. The van der Waals surface area contributed by atoms with E-state index in [1.807, 2.05) is 30.3 Å². The molecule has 1 N–H and O–H groups in total. The Kier molecular flexibility index (Phi) is 4.93. The van der Waals surface area contributed by atoms with Gasteiger partial charge in [-0.05, 0) is 12.5 Å². The van der Waals surface area contributed by atoms with Crippen LogP contribution in [-0.4, -0.2) is 33.4 Å². The number of amides is 1. The van der Waals surface area contributed by atoms with Crippen LogP contribution in [-0.2, 0) is 11.3 Å². The Balaban J connectivity index is 2.23. The summed E-state index contributed by atoms with van der Waals surface area (Å²) >= 11 is 0. The fourth-order valence-electron chi connectivity index (χ4n) is 2.09. The van der Waals surface area contributed by atoms with Gasteiger partial charge in [0.05, 0.1) is 5.92 Å². The van der Waals surface area contributed by atoms with Gasteiger partial charge >= 0.3 is 5.97 Å². The fraction of sp³-hybridized carbons (Fsp3) is 0.312. The maximum atomic E-state index is 12.6. The molecule has 0 radical (unpaired) electrons. The van der Waals surface area contributed by atoms with E-state index in [0.717, 1.165) is 5.56 Å². The molecule has 22 heavy (non-hydrogen) atoms. The van der Waals surface area contributed by atoms with Crippen molar-refractivity contribution < 1.29 is 19.1 Å². The predicted octanol–water partition coefficient (Wildman–Crippen LogP) is 2.35. The highest BCUT2D eigenvalue weighted by atomic mass is 16.4. The molecular weight excluding hydrogens is 284 g/mol. The summed E-state index contributed by atoms with van der Waals surface area (Å²) in [6.07, 6.45) is 1.21. The molecule has 0 saturated heterocycles. The average molecular weight is 302 g/mol. The molecule has 1 aromatic heterocycles. The number of hydrogen-bond donors (Lipinski definition) is 1. The fourth-order valence-corrected chi connectivity index (χ4v) is 2.09. The third-order valence-electron chi connectivity index (χ3n) is 3.37. The third kappa shape index (κ3) is 3.72. The number of carbonyl (C=O) groups excluding carboxylic acids is 1. The van der Waals surface area contributed by atoms with Crippen LogP contribution in [0.3, 0.4) is 0 Å². The van der Waals surface area contributed by atoms with Gasteiger partial charge in [0.15, 0.2) is 12.1 Å². The zero-order valence-corrected chi connectivity index (χ0v) is 12.5. The molecule has 0 aliphatic heterocycles. The van der Waals surface area contributed by atoms with Gasteiger partial charge in [0, 0.05) is 13.1 Å². The predicted molar refractivity (Wildman–Crippen MR) is 79.2 cm³/mol. The standard InChI is InChI=1S/C16H18N2O4/c1-11(16(20)21)8-18(9-13-6-4-3-5-7-13)15(19)14-12(2)22-10-17-14/h3-7,10-11H,8-9H2,1-2H3,(H,20,21)/t11-/m1/s1. The Hall–Kier alpha value is -2.63. The van der Waals surface area contributed by atoms with Gasteiger partial charge in [0.1, 0.15) is 5.76 Å². The van der Waals surface area contributed by atoms with Crippen molar-refractivity contribution in [3.63, 3.8) is 0 Å². The summed E-state index contributed by atoms with van der Waals surface area (Å²) in [5, 5.41) is 9.09. The van der Waals surface area contributed by atoms with Crippen LogP contribution in [0.25, 0.3) is 0 Å². The normalized spacial score (nSPS) is 11.9. The Morgan fingerprint density at radius 2 is 2.00 bits per heavy atom. The first kappa shape index (κ1) is 15.8. The number of carbonyl (C=O) groups is 2. The zero-order valence-electron chi connectivity index (χ0n) is 12.5. The van der Waals surface area contributed by atoms with Crippen molar-refractivity contribution in [2.45, 2.75) is 20.4 Å². The summed E-state index contributed by atoms with van der Waals surface area (Å²) in [5.41, 5.74) is 1.14. The van der Waals surface area contributed by atoms with Crippen LogP contribution in [0.15, 0.2) is 41.1 Å². The van der Waals surface area contributed by atoms with Gasteiger partial charge in [-0.2, -0.15) is 0 Å². The number of aryl methyl sites for hydroxylation is 1. The average Bonchev–Trinajstić information content (AvgIpc) is 2.92. The van der Waals surface area contributed by atoms with E-state index in [0.29, 0.717) is 12.3 Å². The molecule has 1 heterocycles. The zero-order chi connectivity index (χ0) is 16.1. The summed E-state index contributed by atoms with van der Waals surface area (Å²) in [4.78, 5) is 29.1. The topological polar surface area (TPSA) is 83.6 Å². The van der Waals surface area contributed by atoms with Crippen LogP contribution in [0.4, 0.5) is 0 Å². The summed E-state index contributed by atoms with van der Waals surface area (Å²) in [7, 11) is 0. The van der Waals surface area contributed by atoms with Crippen LogP contribution in [0.1, 0.15) is 28.7 Å². The highest BCUT2D eigenvalue weighted by molar-refractivity contribution is 5.93. The minimum Gasteiger partial charge on any atom is -0.481 e. The number of carboxylic acid groups (broad SMARTS) is 1. The lowest BCUT2D eigenvalue weighted by Crippen LogP contribution is -2.37. The molecule has 0 aliphatic rings. The first-order chi connectivity index (χ1) is 10.5. The van der Waals surface area contributed by atoms with E-state index in [1.54, 1.807) is 13.8 Å². The van der Waals surface area contributed by atoms with Crippen molar-refractivity contribution in [2.75, 3.05) is 6.54 Å². The van der Waals surface area contributed by atoms with Gasteiger partial charge < -0.3 is 14.4 Å². The van der Waals surface area contributed by atoms with Crippen LogP contribution < -0.4 is 0 Å². The van der Waals surface area contributed by atoms with E-state index in [1.165, 1.54) is 11.3 Å². The second-order valence-electron chi connectivity index (χ2n) is 5.17. The van der Waals surface area contributed by atoms with Crippen LogP contribution in [0.2, 0.25) is 0 Å². The minimum absolute atomic E-state index is 0.107. The van der Waals surface area contributed by atoms with Crippen molar-refractivity contribution in [3.05, 3.63) is 53.7 Å². The molecule has 0 unspecified atom stereocenters. The Labute approximate surface area is 128 Å². The van der Waals surface area contributed by atoms with Gasteiger partial charge in [-0.3, -0.25) is 9.59 Å². The summed E-state index contributed by atoms with van der Waals surface area (Å²) in [6.45, 7) is 3.66. The van der Waals surface area contributed by atoms with Gasteiger partial charge in [-0.1, -0.05) is 37.3 Å². The number of aromatic nitrogens is 1. The molecular formula is C16H18N2O4. The summed E-state index contributed by atoms with van der Waals surface area (Å²) in [5.74, 6) is -1.52. The first-order valence-electron chi connectivity index (χ1n) is 6.95. The van der Waals surface area contributed by atoms with E-state index < -0.39 is 11.9 Å². The Morgan fingerprint density at radius 1 is 1.32 bits per heavy atom. The van der Waals surface area contributed by atoms with Crippen LogP contribution >= 0.6 is 0 Å². The van der Waals surface area contributed by atoms with E-state index in [-0.39, 0.29) is 18.1 Å². The monoisotopic (exact) mass is 302 g/mol. The second kappa shape index (κ2) is 6.89. The largest absolute Gasteiger partial charge is 0.481 e. The molecule has 6 nitrogen and oxygen atoms in total. The number of aliphatic carboxylic acids is 1. The molecule has 6 heteroatoms. The quantitative estimate of drug-likeness (QED) is 0.885. The number of nitrogens with zero attached hydrogens (tertiary/aromatic N) is 2. The molecule has 1 atom stereocenters. The van der Waals surface area contributed by atoms with Gasteiger partial charge in [-0.15, -0.1) is 0 Å². The SMILES string of the molecule is Cc1ocnc1C(=O)N(Cc1ccccc1)C[C@@H](C)C(=O)O. The first-order valence-corrected chi connectivity index (χ1v) is 6.95. The molecule has 1 amide bonds. The second-order valence-corrected chi connectivity index (χ2v) is 5.17. The number of benzene rings is 1. The summed E-state index contributed by atoms with van der Waals surface area (Å²) in [6, 6.07) is 9.42. The number of carboxylic acids is 1. The molecule has 0 bridgehead atoms. The van der Waals surface area contributed by atoms with Crippen molar-refractivity contribution in [1.29, 1.82) is 0 Å². The minimum atomic E-state index is -0.942. The molecule has 2 aromatic rings. The van der Waals surface area contributed by atoms with Crippen molar-refractivity contribution >= 4 is 11.9 Å². The maximum absolute atomic E-state index is 12.6. The van der Waals surface area contributed by atoms with Crippen LogP contribution in [0.5, 0.6) is 0 Å². The van der Waals surface area contributed by atoms with E-state index >= 15 is 0 Å². The molecule has 2 rings (SSSR count). The van der Waals surface area contributed by atoms with Crippen molar-refractivity contribution in [3.8, 4) is 0 Å². The van der Waals surface area contributed by atoms with E-state index in [9.17, 15) is 9.59 Å². The lowest BCUT2D eigenvalue weighted by molar-refractivity contribution is -0.141. The molecule has 1 aromatic carbocycles. The highest BCUT2D eigenvalue weighted by Crippen LogP contribution is 2.14. The molecule has 0 aliphatic carbocycles. The molecule has 116 valence electrons. The number of hydrogen-bond acceptors (Lipinski definition) is 4. The highest BCUT2D eigenvalue weighted by Gasteiger charge is 2.25. The van der Waals surface area contributed by atoms with Crippen molar-refractivity contribution in [2.24, 2.45) is 5.92 Å². The molecule has 0 fully saturated rings. The van der Waals surface area contributed by atoms with E-state index in [4.69, 9.17) is 9.52 Å². The number of rotatable bonds is 6. The summed E-state index contributed by atoms with van der Waals surface area (Å²) < 4.78 is 5.06. The van der Waals surface area contributed by atoms with Gasteiger partial charge in [-0.25, -0.2) is 4.98 Å². The van der Waals surface area contributed by atoms with Gasteiger partial charge in [0.25, 0.3) is 5.91 Å². The van der Waals surface area contributed by atoms with Gasteiger partial charge in [0.2, 0.25) is 0 Å². The Morgan fingerprint density at radius 3 is 2.55 bits per heavy atom. The molecule has 0 spiro atoms. The number of oxazole rings is 1. The molecule has 0 saturated carbocycles. The van der Waals surface area contributed by atoms with E-state index in [2.05, 4.69) is 4.98 Å². The third-order valence-corrected chi connectivity index (χ3v) is 3.37. The lowest BCUT2D eigenvalue weighted by Gasteiger charge is -2.24. The Bertz CT molecular complexity index is 651.